The molecule has 1 N–H and O–H groups in total. The molecule has 2 aromatic carbocycles. The van der Waals surface area contributed by atoms with Gasteiger partial charge in [-0.2, -0.15) is 0 Å². The van der Waals surface area contributed by atoms with Crippen LogP contribution in [0.5, 0.6) is 0 Å². The predicted molar refractivity (Wildman–Crippen MR) is 152 cm³/mol. The van der Waals surface area contributed by atoms with Crippen LogP contribution in [0.1, 0.15) is 32.7 Å². The zero-order valence-corrected chi connectivity index (χ0v) is 23.2. The number of aryl methyl sites for hydroxylation is 1. The molecule has 2 heterocycles. The number of carbonyl (C=O) groups excluding carboxylic acids is 1. The van der Waals surface area contributed by atoms with Gasteiger partial charge in [-0.15, -0.1) is 0 Å². The molecule has 1 aliphatic heterocycles. The second-order valence-electron chi connectivity index (χ2n) is 9.83. The lowest BCUT2D eigenvalue weighted by molar-refractivity contribution is 0.0951. The number of likely N-dealkylation sites (N-methyl/N-ethyl adjacent to an activating group) is 1. The summed E-state index contributed by atoms with van der Waals surface area (Å²) in [4.78, 5) is 29.0. The summed E-state index contributed by atoms with van der Waals surface area (Å²) in [5, 5.41) is 3.76. The van der Waals surface area contributed by atoms with Gasteiger partial charge in [0.2, 0.25) is 0 Å². The summed E-state index contributed by atoms with van der Waals surface area (Å²) in [6.45, 7) is 10.6. The first-order chi connectivity index (χ1) is 17.9. The smallest absolute Gasteiger partial charge is 0.251 e. The molecule has 8 heteroatoms. The minimum absolute atomic E-state index is 0.0351. The molecule has 0 atom stereocenters. The Morgan fingerprint density at radius 1 is 0.946 bits per heavy atom. The van der Waals surface area contributed by atoms with Crippen molar-refractivity contribution in [3.63, 3.8) is 0 Å². The van der Waals surface area contributed by atoms with Crippen LogP contribution in [-0.2, 0) is 12.3 Å². The largest absolute Gasteiger partial charge is 0.354 e. The van der Waals surface area contributed by atoms with Crippen molar-refractivity contribution in [1.29, 1.82) is 0 Å². The number of nitrogens with zero attached hydrogens (tertiary/aromatic N) is 5. The molecule has 1 fully saturated rings. The maximum atomic E-state index is 12.3. The van der Waals surface area contributed by atoms with Crippen molar-refractivity contribution in [3.05, 3.63) is 82.5 Å². The van der Waals surface area contributed by atoms with Gasteiger partial charge in [0.05, 0.1) is 0 Å². The molecule has 0 bridgehead atoms. The molecule has 4 rings (SSSR count). The first-order valence-electron chi connectivity index (χ1n) is 12.9. The summed E-state index contributed by atoms with van der Waals surface area (Å²) in [6.07, 6.45) is 0. The number of benzene rings is 2. The van der Waals surface area contributed by atoms with Crippen molar-refractivity contribution in [2.24, 2.45) is 0 Å². The number of hydrogen-bond donors (Lipinski definition) is 1. The summed E-state index contributed by atoms with van der Waals surface area (Å²) in [5.74, 6) is 1.78. The van der Waals surface area contributed by atoms with Gasteiger partial charge in [-0.3, -0.25) is 9.69 Å². The van der Waals surface area contributed by atoms with Gasteiger partial charge in [0, 0.05) is 68.4 Å². The van der Waals surface area contributed by atoms with E-state index >= 15 is 0 Å². The van der Waals surface area contributed by atoms with E-state index in [4.69, 9.17) is 9.97 Å². The SMILES string of the molecule is Cc1nc(SCc2ccc(C(=O)NCCN(C)C)cc2)nc(N2CCN(Cc3ccccc3)CC2)c1C. The van der Waals surface area contributed by atoms with Crippen LogP contribution < -0.4 is 10.2 Å². The zero-order valence-electron chi connectivity index (χ0n) is 22.4. The number of piperazine rings is 1. The van der Waals surface area contributed by atoms with Crippen molar-refractivity contribution in [2.75, 3.05) is 58.3 Å². The normalized spacial score (nSPS) is 14.2. The van der Waals surface area contributed by atoms with E-state index in [-0.39, 0.29) is 5.91 Å². The lowest BCUT2D eigenvalue weighted by Gasteiger charge is -2.36. The van der Waals surface area contributed by atoms with Crippen LogP contribution >= 0.6 is 11.8 Å². The van der Waals surface area contributed by atoms with E-state index < -0.39 is 0 Å². The van der Waals surface area contributed by atoms with E-state index in [1.165, 1.54) is 5.56 Å². The molecule has 3 aromatic rings. The Balaban J connectivity index is 1.32. The van der Waals surface area contributed by atoms with Crippen molar-refractivity contribution in [3.8, 4) is 0 Å². The second kappa shape index (κ2) is 13.0. The van der Waals surface area contributed by atoms with E-state index in [1.807, 2.05) is 43.3 Å². The lowest BCUT2D eigenvalue weighted by atomic mass is 10.1. The molecule has 196 valence electrons. The molecule has 1 saturated heterocycles. The van der Waals surface area contributed by atoms with Crippen molar-refractivity contribution >= 4 is 23.5 Å². The Morgan fingerprint density at radius 2 is 1.65 bits per heavy atom. The number of hydrogen-bond acceptors (Lipinski definition) is 7. The van der Waals surface area contributed by atoms with Crippen LogP contribution in [0.15, 0.2) is 59.8 Å². The molecule has 0 radical (unpaired) electrons. The average Bonchev–Trinajstić information content (AvgIpc) is 2.90. The monoisotopic (exact) mass is 518 g/mol. The molecule has 0 saturated carbocycles. The maximum Gasteiger partial charge on any atom is 0.251 e. The van der Waals surface area contributed by atoms with Gasteiger partial charge in [0.25, 0.3) is 5.91 Å². The predicted octanol–water partition coefficient (Wildman–Crippen LogP) is 4.00. The third-order valence-corrected chi connectivity index (χ3v) is 7.61. The Labute approximate surface area is 225 Å². The Kier molecular flexibility index (Phi) is 9.55. The topological polar surface area (TPSA) is 64.6 Å². The number of anilines is 1. The highest BCUT2D eigenvalue weighted by atomic mass is 32.2. The van der Waals surface area contributed by atoms with Crippen LogP contribution in [0.3, 0.4) is 0 Å². The Morgan fingerprint density at radius 3 is 2.32 bits per heavy atom. The average molecular weight is 519 g/mol. The highest BCUT2D eigenvalue weighted by Crippen LogP contribution is 2.27. The molecule has 1 aromatic heterocycles. The minimum Gasteiger partial charge on any atom is -0.354 e. The van der Waals surface area contributed by atoms with Crippen LogP contribution in [0.25, 0.3) is 0 Å². The van der Waals surface area contributed by atoms with E-state index in [9.17, 15) is 4.79 Å². The molecular formula is C29H38N6OS. The van der Waals surface area contributed by atoms with Crippen LogP contribution in [-0.4, -0.2) is 79.0 Å². The summed E-state index contributed by atoms with van der Waals surface area (Å²) < 4.78 is 0. The van der Waals surface area contributed by atoms with Gasteiger partial charge in [-0.25, -0.2) is 9.97 Å². The fourth-order valence-corrected chi connectivity index (χ4v) is 5.16. The van der Waals surface area contributed by atoms with Gasteiger partial charge in [-0.05, 0) is 51.2 Å². The fourth-order valence-electron chi connectivity index (χ4n) is 4.32. The van der Waals surface area contributed by atoms with E-state index in [0.29, 0.717) is 12.1 Å². The summed E-state index contributed by atoms with van der Waals surface area (Å²) in [7, 11) is 3.99. The van der Waals surface area contributed by atoms with Crippen LogP contribution in [0, 0.1) is 13.8 Å². The molecule has 1 amide bonds. The molecule has 0 spiro atoms. The highest BCUT2D eigenvalue weighted by Gasteiger charge is 2.21. The van der Waals surface area contributed by atoms with Crippen LogP contribution in [0.4, 0.5) is 5.82 Å². The van der Waals surface area contributed by atoms with E-state index in [2.05, 4.69) is 59.3 Å². The number of nitrogens with one attached hydrogen (secondary N) is 1. The number of thioether (sulfide) groups is 1. The summed E-state index contributed by atoms with van der Waals surface area (Å²) >= 11 is 1.64. The molecule has 1 aliphatic rings. The molecule has 0 aliphatic carbocycles. The third kappa shape index (κ3) is 7.77. The van der Waals surface area contributed by atoms with E-state index in [0.717, 1.165) is 72.8 Å². The van der Waals surface area contributed by atoms with E-state index in [1.54, 1.807) is 11.8 Å². The maximum absolute atomic E-state index is 12.3. The highest BCUT2D eigenvalue weighted by molar-refractivity contribution is 7.98. The fraction of sp³-hybridized carbons (Fsp3) is 0.414. The van der Waals surface area contributed by atoms with Gasteiger partial charge < -0.3 is 15.1 Å². The van der Waals surface area contributed by atoms with Gasteiger partial charge >= 0.3 is 0 Å². The molecule has 37 heavy (non-hydrogen) atoms. The van der Waals surface area contributed by atoms with Crippen molar-refractivity contribution < 1.29 is 4.79 Å². The van der Waals surface area contributed by atoms with Gasteiger partial charge in [0.1, 0.15) is 5.82 Å². The van der Waals surface area contributed by atoms with Crippen LogP contribution in [0.2, 0.25) is 0 Å². The molecule has 0 unspecified atom stereocenters. The van der Waals surface area contributed by atoms with Crippen molar-refractivity contribution in [1.82, 2.24) is 25.1 Å². The lowest BCUT2D eigenvalue weighted by Crippen LogP contribution is -2.46. The quantitative estimate of drug-likeness (QED) is 0.322. The molecule has 7 nitrogen and oxygen atoms in total. The Hall–Kier alpha value is -2.94. The minimum atomic E-state index is -0.0351. The first-order valence-corrected chi connectivity index (χ1v) is 13.9. The van der Waals surface area contributed by atoms with Gasteiger partial charge in [-0.1, -0.05) is 54.2 Å². The standard InChI is InChI=1S/C29H38N6OS/c1-22-23(2)31-29(37-21-25-10-12-26(13-11-25)28(36)30-14-15-33(3)4)32-27(22)35-18-16-34(17-19-35)20-24-8-6-5-7-9-24/h5-13H,14-21H2,1-4H3,(H,30,36). The zero-order chi connectivity index (χ0) is 26.2. The van der Waals surface area contributed by atoms with Gasteiger partial charge in [0.15, 0.2) is 5.16 Å². The van der Waals surface area contributed by atoms with Crippen molar-refractivity contribution in [2.45, 2.75) is 31.3 Å². The third-order valence-electron chi connectivity index (χ3n) is 6.69. The summed E-state index contributed by atoms with van der Waals surface area (Å²) in [5.41, 5.74) is 5.38. The number of aromatic nitrogens is 2. The number of rotatable bonds is 10. The second-order valence-corrected chi connectivity index (χ2v) is 10.8. The molecular weight excluding hydrogens is 480 g/mol. The summed E-state index contributed by atoms with van der Waals surface area (Å²) in [6, 6.07) is 18.5. The first kappa shape index (κ1) is 27.1. The number of amides is 1. The number of carbonyl (C=O) groups is 1. The Bertz CT molecular complexity index is 1160.